The molecule has 19 heavy (non-hydrogen) atoms. The molecule has 0 fully saturated rings. The van der Waals surface area contributed by atoms with Gasteiger partial charge >= 0.3 is 6.03 Å². The number of nitrogens with one attached hydrogen (secondary N) is 2. The molecule has 2 aromatic carbocycles. The Bertz CT molecular complexity index is 589. The number of rotatable bonds is 3. The van der Waals surface area contributed by atoms with Crippen molar-refractivity contribution in [3.63, 3.8) is 0 Å². The van der Waals surface area contributed by atoms with Crippen molar-refractivity contribution < 1.29 is 9.18 Å². The molecule has 0 aliphatic carbocycles. The third kappa shape index (κ3) is 3.92. The van der Waals surface area contributed by atoms with Crippen LogP contribution in [0.15, 0.2) is 48.5 Å². The van der Waals surface area contributed by atoms with Gasteiger partial charge in [0.1, 0.15) is 5.82 Å². The Kier molecular flexibility index (Phi) is 4.73. The van der Waals surface area contributed by atoms with Gasteiger partial charge in [0, 0.05) is 15.7 Å². The SMILES string of the molecule is O=C(NCc1ccccc1F)Nc1ccccc1I. The van der Waals surface area contributed by atoms with Crippen molar-refractivity contribution in [3.8, 4) is 0 Å². The molecule has 2 amide bonds. The molecule has 0 saturated heterocycles. The van der Waals surface area contributed by atoms with Gasteiger partial charge in [0.25, 0.3) is 0 Å². The Labute approximate surface area is 124 Å². The number of hydrogen-bond acceptors (Lipinski definition) is 1. The van der Waals surface area contributed by atoms with Crippen molar-refractivity contribution >= 4 is 34.3 Å². The molecule has 2 N–H and O–H groups in total. The fraction of sp³-hybridized carbons (Fsp3) is 0.0714. The Hall–Kier alpha value is -1.63. The summed E-state index contributed by atoms with van der Waals surface area (Å²) in [5, 5.41) is 5.34. The first-order valence-electron chi connectivity index (χ1n) is 5.69. The Morgan fingerprint density at radius 3 is 2.53 bits per heavy atom. The smallest absolute Gasteiger partial charge is 0.319 e. The van der Waals surface area contributed by atoms with Crippen LogP contribution in [0.3, 0.4) is 0 Å². The lowest BCUT2D eigenvalue weighted by Crippen LogP contribution is -2.28. The zero-order valence-electron chi connectivity index (χ0n) is 9.99. The molecule has 0 aromatic heterocycles. The maximum Gasteiger partial charge on any atom is 0.319 e. The van der Waals surface area contributed by atoms with Crippen molar-refractivity contribution in [2.24, 2.45) is 0 Å². The summed E-state index contributed by atoms with van der Waals surface area (Å²) >= 11 is 2.14. The second-order valence-electron chi connectivity index (χ2n) is 3.88. The molecule has 0 radical (unpaired) electrons. The average Bonchev–Trinajstić information content (AvgIpc) is 2.40. The quantitative estimate of drug-likeness (QED) is 0.794. The van der Waals surface area contributed by atoms with Gasteiger partial charge in [0.05, 0.1) is 5.69 Å². The van der Waals surface area contributed by atoms with Crippen LogP contribution in [0.2, 0.25) is 0 Å². The molecule has 0 unspecified atom stereocenters. The lowest BCUT2D eigenvalue weighted by atomic mass is 10.2. The first-order chi connectivity index (χ1) is 9.16. The van der Waals surface area contributed by atoms with Gasteiger partial charge in [-0.05, 0) is 40.8 Å². The highest BCUT2D eigenvalue weighted by Crippen LogP contribution is 2.16. The van der Waals surface area contributed by atoms with Gasteiger partial charge in [-0.3, -0.25) is 0 Å². The van der Waals surface area contributed by atoms with Crippen molar-refractivity contribution in [3.05, 3.63) is 63.5 Å². The van der Waals surface area contributed by atoms with Gasteiger partial charge in [-0.1, -0.05) is 30.3 Å². The molecule has 2 rings (SSSR count). The summed E-state index contributed by atoms with van der Waals surface area (Å²) in [4.78, 5) is 11.7. The van der Waals surface area contributed by atoms with E-state index in [4.69, 9.17) is 0 Å². The van der Waals surface area contributed by atoms with E-state index in [0.29, 0.717) is 5.56 Å². The molecule has 0 atom stereocenters. The first kappa shape index (κ1) is 13.8. The van der Waals surface area contributed by atoms with Crippen LogP contribution in [-0.2, 0) is 6.54 Å². The Morgan fingerprint density at radius 1 is 1.11 bits per heavy atom. The zero-order valence-corrected chi connectivity index (χ0v) is 12.1. The number of carbonyl (C=O) groups excluding carboxylic acids is 1. The first-order valence-corrected chi connectivity index (χ1v) is 6.77. The molecule has 0 bridgehead atoms. The normalized spacial score (nSPS) is 10.0. The summed E-state index contributed by atoms with van der Waals surface area (Å²) in [5.74, 6) is -0.322. The maximum atomic E-state index is 13.4. The Balaban J connectivity index is 1.92. The van der Waals surface area contributed by atoms with E-state index in [0.717, 1.165) is 9.26 Å². The largest absolute Gasteiger partial charge is 0.334 e. The predicted molar refractivity (Wildman–Crippen MR) is 81.4 cm³/mol. The van der Waals surface area contributed by atoms with Crippen LogP contribution in [0.25, 0.3) is 0 Å². The number of para-hydroxylation sites is 1. The minimum Gasteiger partial charge on any atom is -0.334 e. The second kappa shape index (κ2) is 6.51. The van der Waals surface area contributed by atoms with Crippen LogP contribution in [0.1, 0.15) is 5.56 Å². The van der Waals surface area contributed by atoms with E-state index < -0.39 is 0 Å². The number of amides is 2. The number of anilines is 1. The van der Waals surface area contributed by atoms with E-state index in [-0.39, 0.29) is 18.4 Å². The molecule has 0 spiro atoms. The molecular formula is C14H12FIN2O. The molecule has 3 nitrogen and oxygen atoms in total. The van der Waals surface area contributed by atoms with Crippen LogP contribution >= 0.6 is 22.6 Å². The number of carbonyl (C=O) groups is 1. The van der Waals surface area contributed by atoms with E-state index >= 15 is 0 Å². The molecule has 2 aromatic rings. The maximum absolute atomic E-state index is 13.4. The fourth-order valence-corrected chi connectivity index (χ4v) is 2.07. The summed E-state index contributed by atoms with van der Waals surface area (Å²) in [7, 11) is 0. The third-order valence-corrected chi connectivity index (χ3v) is 3.46. The summed E-state index contributed by atoms with van der Waals surface area (Å²) in [6.07, 6.45) is 0. The van der Waals surface area contributed by atoms with Crippen LogP contribution < -0.4 is 10.6 Å². The molecule has 0 aliphatic rings. The van der Waals surface area contributed by atoms with Gasteiger partial charge in [0.15, 0.2) is 0 Å². The number of urea groups is 1. The van der Waals surface area contributed by atoms with E-state index in [9.17, 15) is 9.18 Å². The van der Waals surface area contributed by atoms with Crippen molar-refractivity contribution in [1.82, 2.24) is 5.32 Å². The molecule has 5 heteroatoms. The molecule has 0 saturated carbocycles. The van der Waals surface area contributed by atoms with Gasteiger partial charge in [-0.2, -0.15) is 0 Å². The third-order valence-electron chi connectivity index (χ3n) is 2.52. The monoisotopic (exact) mass is 370 g/mol. The fourth-order valence-electron chi connectivity index (χ4n) is 1.55. The van der Waals surface area contributed by atoms with Crippen molar-refractivity contribution in [2.75, 3.05) is 5.32 Å². The number of halogens is 2. The van der Waals surface area contributed by atoms with E-state index in [1.807, 2.05) is 24.3 Å². The van der Waals surface area contributed by atoms with Gasteiger partial charge in [-0.15, -0.1) is 0 Å². The van der Waals surface area contributed by atoms with Crippen LogP contribution in [0.5, 0.6) is 0 Å². The van der Waals surface area contributed by atoms with E-state index in [2.05, 4.69) is 33.2 Å². The summed E-state index contributed by atoms with van der Waals surface area (Å²) in [6.45, 7) is 0.155. The highest BCUT2D eigenvalue weighted by Gasteiger charge is 2.06. The average molecular weight is 370 g/mol. The standard InChI is InChI=1S/C14H12FIN2O/c15-11-6-2-1-5-10(11)9-17-14(19)18-13-8-4-3-7-12(13)16/h1-8H,9H2,(H2,17,18,19). The lowest BCUT2D eigenvalue weighted by molar-refractivity contribution is 0.251. The van der Waals surface area contributed by atoms with E-state index in [1.165, 1.54) is 6.07 Å². The van der Waals surface area contributed by atoms with Crippen LogP contribution in [-0.4, -0.2) is 6.03 Å². The molecule has 0 aliphatic heterocycles. The van der Waals surface area contributed by atoms with Crippen molar-refractivity contribution in [2.45, 2.75) is 6.54 Å². The van der Waals surface area contributed by atoms with Gasteiger partial charge in [-0.25, -0.2) is 9.18 Å². The minimum absolute atomic E-state index is 0.155. The number of benzene rings is 2. The molecular weight excluding hydrogens is 358 g/mol. The van der Waals surface area contributed by atoms with Gasteiger partial charge < -0.3 is 10.6 Å². The molecule has 98 valence electrons. The number of hydrogen-bond donors (Lipinski definition) is 2. The summed E-state index contributed by atoms with van der Waals surface area (Å²) in [5.41, 5.74) is 1.19. The summed E-state index contributed by atoms with van der Waals surface area (Å²) in [6, 6.07) is 13.4. The topological polar surface area (TPSA) is 41.1 Å². The van der Waals surface area contributed by atoms with E-state index in [1.54, 1.807) is 18.2 Å². The minimum atomic E-state index is -0.354. The van der Waals surface area contributed by atoms with Crippen LogP contribution in [0, 0.1) is 9.39 Å². The van der Waals surface area contributed by atoms with Crippen molar-refractivity contribution in [1.29, 1.82) is 0 Å². The predicted octanol–water partition coefficient (Wildman–Crippen LogP) is 3.75. The van der Waals surface area contributed by atoms with Crippen LogP contribution in [0.4, 0.5) is 14.9 Å². The summed E-state index contributed by atoms with van der Waals surface area (Å²) < 4.78 is 14.3. The lowest BCUT2D eigenvalue weighted by Gasteiger charge is -2.09. The molecule has 0 heterocycles. The zero-order chi connectivity index (χ0) is 13.7. The highest BCUT2D eigenvalue weighted by molar-refractivity contribution is 14.1. The Morgan fingerprint density at radius 2 is 1.79 bits per heavy atom. The van der Waals surface area contributed by atoms with Gasteiger partial charge in [0.2, 0.25) is 0 Å². The second-order valence-corrected chi connectivity index (χ2v) is 5.04. The highest BCUT2D eigenvalue weighted by atomic mass is 127.